The molecular weight excluding hydrogens is 266 g/mol. The van der Waals surface area contributed by atoms with Gasteiger partial charge in [-0.1, -0.05) is 13.3 Å². The van der Waals surface area contributed by atoms with Gasteiger partial charge in [-0.15, -0.1) is 0 Å². The highest BCUT2D eigenvalue weighted by atomic mass is 16.6. The first-order chi connectivity index (χ1) is 9.98. The van der Waals surface area contributed by atoms with Crippen molar-refractivity contribution in [2.75, 3.05) is 11.9 Å². The van der Waals surface area contributed by atoms with Gasteiger partial charge in [-0.25, -0.2) is 0 Å². The minimum Gasteiger partial charge on any atom is -0.384 e. The second-order valence-corrected chi connectivity index (χ2v) is 6.28. The molecule has 1 saturated carbocycles. The molecule has 0 saturated heterocycles. The van der Waals surface area contributed by atoms with Crippen LogP contribution >= 0.6 is 0 Å². The maximum Gasteiger partial charge on any atom is 0.278 e. The van der Waals surface area contributed by atoms with Crippen LogP contribution in [0, 0.1) is 22.5 Å². The maximum absolute atomic E-state index is 11.1. The number of nitrogens with one attached hydrogen (secondary N) is 1. The predicted molar refractivity (Wildman–Crippen MR) is 83.6 cm³/mol. The molecule has 1 heterocycles. The van der Waals surface area contributed by atoms with Crippen molar-refractivity contribution in [2.24, 2.45) is 5.41 Å². The molecule has 21 heavy (non-hydrogen) atoms. The molecule has 0 radical (unpaired) electrons. The molecule has 0 unspecified atom stereocenters. The highest BCUT2D eigenvalue weighted by Gasteiger charge is 2.31. The van der Waals surface area contributed by atoms with Crippen LogP contribution in [0.1, 0.15) is 31.9 Å². The Labute approximate surface area is 123 Å². The van der Waals surface area contributed by atoms with E-state index in [4.69, 9.17) is 0 Å². The van der Waals surface area contributed by atoms with Gasteiger partial charge in [0.15, 0.2) is 0 Å². The van der Waals surface area contributed by atoms with Gasteiger partial charge in [0.1, 0.15) is 0 Å². The molecule has 0 atom stereocenters. The number of hydrogen-bond acceptors (Lipinski definition) is 4. The minimum atomic E-state index is -0.351. The molecule has 1 N–H and O–H groups in total. The van der Waals surface area contributed by atoms with Gasteiger partial charge in [-0.3, -0.25) is 15.1 Å². The lowest BCUT2D eigenvalue weighted by atomic mass is 9.70. The molecule has 110 valence electrons. The van der Waals surface area contributed by atoms with Crippen LogP contribution in [0.15, 0.2) is 24.4 Å². The molecule has 3 rings (SSSR count). The highest BCUT2D eigenvalue weighted by Crippen LogP contribution is 2.41. The summed E-state index contributed by atoms with van der Waals surface area (Å²) in [4.78, 5) is 15.0. The number of aryl methyl sites for hydroxylation is 1. The van der Waals surface area contributed by atoms with E-state index < -0.39 is 0 Å². The van der Waals surface area contributed by atoms with Crippen LogP contribution in [0.4, 0.5) is 11.4 Å². The van der Waals surface area contributed by atoms with E-state index in [0.29, 0.717) is 10.8 Å². The number of nitrogens with zero attached hydrogens (tertiary/aromatic N) is 2. The van der Waals surface area contributed by atoms with Crippen LogP contribution in [0.5, 0.6) is 0 Å². The van der Waals surface area contributed by atoms with E-state index in [-0.39, 0.29) is 10.6 Å². The van der Waals surface area contributed by atoms with E-state index in [1.54, 1.807) is 12.3 Å². The molecule has 1 aliphatic carbocycles. The van der Waals surface area contributed by atoms with Gasteiger partial charge in [0, 0.05) is 35.6 Å². The number of non-ortho nitro benzene ring substituents is 1. The summed E-state index contributed by atoms with van der Waals surface area (Å²) in [5.74, 6) is 0. The van der Waals surface area contributed by atoms with E-state index in [9.17, 15) is 10.1 Å². The quantitative estimate of drug-likeness (QED) is 0.679. The Bertz CT molecular complexity index is 708. The van der Waals surface area contributed by atoms with Gasteiger partial charge in [-0.2, -0.15) is 0 Å². The third-order valence-electron chi connectivity index (χ3n) is 4.48. The smallest absolute Gasteiger partial charge is 0.278 e. The maximum atomic E-state index is 11.1. The number of fused-ring (bicyclic) bond motifs is 1. The Morgan fingerprint density at radius 3 is 2.76 bits per heavy atom. The van der Waals surface area contributed by atoms with Crippen molar-refractivity contribution in [3.63, 3.8) is 0 Å². The zero-order chi connectivity index (χ0) is 15.0. The second-order valence-electron chi connectivity index (χ2n) is 6.28. The number of pyridine rings is 1. The molecule has 0 bridgehead atoms. The SMILES string of the molecule is Cc1cc2c(NCC3(C)CCC3)ccc([N+](=O)[O-])c2cn1. The number of nitro benzene ring substituents is 1. The zero-order valence-electron chi connectivity index (χ0n) is 12.3. The number of aromatic nitrogens is 1. The summed E-state index contributed by atoms with van der Waals surface area (Å²) >= 11 is 0. The van der Waals surface area contributed by atoms with Crippen molar-refractivity contribution in [1.82, 2.24) is 4.98 Å². The lowest BCUT2D eigenvalue weighted by molar-refractivity contribution is -0.383. The summed E-state index contributed by atoms with van der Waals surface area (Å²) in [5.41, 5.74) is 2.28. The van der Waals surface area contributed by atoms with E-state index in [0.717, 1.165) is 23.3 Å². The fourth-order valence-corrected chi connectivity index (χ4v) is 2.91. The van der Waals surface area contributed by atoms with Crippen LogP contribution in [-0.2, 0) is 0 Å². The normalized spacial score (nSPS) is 16.5. The number of anilines is 1. The van der Waals surface area contributed by atoms with E-state index in [1.807, 2.05) is 19.1 Å². The number of hydrogen-bond donors (Lipinski definition) is 1. The molecule has 1 fully saturated rings. The first-order valence-electron chi connectivity index (χ1n) is 7.26. The lowest BCUT2D eigenvalue weighted by Crippen LogP contribution is -2.33. The second kappa shape index (κ2) is 4.98. The average molecular weight is 285 g/mol. The Morgan fingerprint density at radius 2 is 2.14 bits per heavy atom. The van der Waals surface area contributed by atoms with Gasteiger partial charge in [0.2, 0.25) is 0 Å². The largest absolute Gasteiger partial charge is 0.384 e. The number of nitro groups is 1. The molecule has 0 aliphatic heterocycles. The van der Waals surface area contributed by atoms with Crippen molar-refractivity contribution in [3.8, 4) is 0 Å². The Hall–Kier alpha value is -2.17. The first kappa shape index (κ1) is 13.8. The predicted octanol–water partition coefficient (Wildman–Crippen LogP) is 4.05. The third-order valence-corrected chi connectivity index (χ3v) is 4.48. The molecule has 1 aromatic heterocycles. The van der Waals surface area contributed by atoms with Crippen molar-refractivity contribution in [2.45, 2.75) is 33.1 Å². The van der Waals surface area contributed by atoms with Crippen molar-refractivity contribution >= 4 is 22.1 Å². The molecule has 1 aromatic carbocycles. The van der Waals surface area contributed by atoms with Crippen molar-refractivity contribution in [3.05, 3.63) is 40.2 Å². The average Bonchev–Trinajstić information content (AvgIpc) is 2.42. The molecule has 5 heteroatoms. The van der Waals surface area contributed by atoms with Gasteiger partial charge in [0.25, 0.3) is 5.69 Å². The van der Waals surface area contributed by atoms with Crippen LogP contribution in [0.3, 0.4) is 0 Å². The summed E-state index contributed by atoms with van der Waals surface area (Å²) in [6, 6.07) is 5.28. The van der Waals surface area contributed by atoms with Gasteiger partial charge in [0.05, 0.1) is 10.3 Å². The Morgan fingerprint density at radius 1 is 1.38 bits per heavy atom. The molecule has 5 nitrogen and oxygen atoms in total. The van der Waals surface area contributed by atoms with E-state index >= 15 is 0 Å². The monoisotopic (exact) mass is 285 g/mol. The zero-order valence-corrected chi connectivity index (χ0v) is 12.3. The standard InChI is InChI=1S/C16H19N3O2/c1-11-8-12-13(9-17-11)15(19(20)21)5-4-14(12)18-10-16(2)6-3-7-16/h4-5,8-9,18H,3,6-7,10H2,1-2H3. The minimum absolute atomic E-state index is 0.109. The molecule has 0 amide bonds. The fraction of sp³-hybridized carbons (Fsp3) is 0.438. The van der Waals surface area contributed by atoms with Crippen molar-refractivity contribution < 1.29 is 4.92 Å². The van der Waals surface area contributed by atoms with Gasteiger partial charge < -0.3 is 5.32 Å². The fourth-order valence-electron chi connectivity index (χ4n) is 2.91. The van der Waals surface area contributed by atoms with E-state index in [2.05, 4.69) is 17.2 Å². The Balaban J connectivity index is 2.00. The van der Waals surface area contributed by atoms with Gasteiger partial charge in [-0.05, 0) is 37.3 Å². The molecule has 0 spiro atoms. The van der Waals surface area contributed by atoms with E-state index in [1.165, 1.54) is 19.3 Å². The number of benzene rings is 1. The van der Waals surface area contributed by atoms with Crippen LogP contribution in [0.2, 0.25) is 0 Å². The topological polar surface area (TPSA) is 68.1 Å². The lowest BCUT2D eigenvalue weighted by Gasteiger charge is -2.38. The number of rotatable bonds is 4. The summed E-state index contributed by atoms with van der Waals surface area (Å²) in [6.07, 6.45) is 5.37. The molecule has 2 aromatic rings. The highest BCUT2D eigenvalue weighted by molar-refractivity contribution is 5.99. The van der Waals surface area contributed by atoms with Crippen LogP contribution in [-0.4, -0.2) is 16.5 Å². The summed E-state index contributed by atoms with van der Waals surface area (Å²) in [6.45, 7) is 5.08. The van der Waals surface area contributed by atoms with Gasteiger partial charge >= 0.3 is 0 Å². The Kier molecular flexibility index (Phi) is 3.27. The summed E-state index contributed by atoms with van der Waals surface area (Å²) in [5, 5.41) is 16.1. The summed E-state index contributed by atoms with van der Waals surface area (Å²) < 4.78 is 0. The van der Waals surface area contributed by atoms with Crippen LogP contribution in [0.25, 0.3) is 10.8 Å². The first-order valence-corrected chi connectivity index (χ1v) is 7.26. The molecular formula is C16H19N3O2. The summed E-state index contributed by atoms with van der Waals surface area (Å²) in [7, 11) is 0. The van der Waals surface area contributed by atoms with Crippen molar-refractivity contribution in [1.29, 1.82) is 0 Å². The van der Waals surface area contributed by atoms with Crippen LogP contribution < -0.4 is 5.32 Å². The molecule has 1 aliphatic rings. The third kappa shape index (κ3) is 2.55.